The Morgan fingerprint density at radius 3 is 2.52 bits per heavy atom. The third-order valence-corrected chi connectivity index (χ3v) is 5.19. The van der Waals surface area contributed by atoms with Gasteiger partial charge in [-0.15, -0.1) is 0 Å². The normalized spacial score (nSPS) is 13.9. The summed E-state index contributed by atoms with van der Waals surface area (Å²) in [5, 5.41) is 23.4. The lowest BCUT2D eigenvalue weighted by molar-refractivity contribution is -0.385. The van der Waals surface area contributed by atoms with Gasteiger partial charge in [-0.05, 0) is 18.8 Å². The van der Waals surface area contributed by atoms with E-state index in [2.05, 4.69) is 15.3 Å². The van der Waals surface area contributed by atoms with Crippen molar-refractivity contribution in [2.24, 2.45) is 5.92 Å². The van der Waals surface area contributed by atoms with Gasteiger partial charge in [-0.25, -0.2) is 9.97 Å². The number of aromatic nitrogens is 2. The second-order valence-electron chi connectivity index (χ2n) is 6.96. The molecule has 0 aliphatic carbocycles. The number of nitrogens with zero attached hydrogens (tertiary/aromatic N) is 5. The predicted octanol–water partition coefficient (Wildman–Crippen LogP) is 1.92. The van der Waals surface area contributed by atoms with Crippen LogP contribution in [0, 0.1) is 27.4 Å². The van der Waals surface area contributed by atoms with Crippen molar-refractivity contribution in [3.63, 3.8) is 0 Å². The first-order valence-corrected chi connectivity index (χ1v) is 9.63. The Hall–Kier alpha value is -3.94. The molecular weight excluding hydrogens is 404 g/mol. The summed E-state index contributed by atoms with van der Waals surface area (Å²) in [6, 6.07) is 4.54. The molecule has 0 spiro atoms. The summed E-state index contributed by atoms with van der Waals surface area (Å²) >= 11 is 0. The number of hydrogen-bond acceptors (Lipinski definition) is 9. The zero-order valence-electron chi connectivity index (χ0n) is 17.2. The number of anilines is 1. The SMILES string of the molecule is COc1cc(C(=O)NCC2CCN(c3nccnc3C#N)CC2)c([N+](=O)[O-])cc1OC. The highest BCUT2D eigenvalue weighted by Crippen LogP contribution is 2.34. The molecule has 31 heavy (non-hydrogen) atoms. The monoisotopic (exact) mass is 426 g/mol. The number of carbonyl (C=O) groups is 1. The lowest BCUT2D eigenvalue weighted by atomic mass is 9.96. The number of piperidine rings is 1. The van der Waals surface area contributed by atoms with Crippen molar-refractivity contribution in [2.75, 3.05) is 38.8 Å². The number of nitriles is 1. The average molecular weight is 426 g/mol. The molecule has 1 aromatic carbocycles. The third kappa shape index (κ3) is 4.80. The molecule has 2 aromatic rings. The van der Waals surface area contributed by atoms with E-state index >= 15 is 0 Å². The number of benzene rings is 1. The minimum absolute atomic E-state index is 0.0849. The van der Waals surface area contributed by atoms with Gasteiger partial charge >= 0.3 is 0 Å². The van der Waals surface area contributed by atoms with Crippen molar-refractivity contribution >= 4 is 17.4 Å². The molecule has 0 atom stereocenters. The van der Waals surface area contributed by atoms with Gasteiger partial charge < -0.3 is 19.7 Å². The molecule has 1 fully saturated rings. The minimum atomic E-state index is -0.622. The van der Waals surface area contributed by atoms with Crippen LogP contribution in [-0.2, 0) is 0 Å². The highest BCUT2D eigenvalue weighted by Gasteiger charge is 2.26. The zero-order valence-corrected chi connectivity index (χ0v) is 17.2. The number of carbonyl (C=O) groups excluding carboxylic acids is 1. The molecular formula is C20H22N6O5. The molecule has 1 N–H and O–H groups in total. The third-order valence-electron chi connectivity index (χ3n) is 5.19. The van der Waals surface area contributed by atoms with E-state index < -0.39 is 10.8 Å². The van der Waals surface area contributed by atoms with Gasteiger partial charge in [0.1, 0.15) is 11.6 Å². The number of nitro benzene ring substituents is 1. The Kier molecular flexibility index (Phi) is 6.81. The van der Waals surface area contributed by atoms with E-state index in [0.717, 1.165) is 12.8 Å². The number of hydrogen-bond donors (Lipinski definition) is 1. The van der Waals surface area contributed by atoms with Gasteiger partial charge in [-0.3, -0.25) is 14.9 Å². The Balaban J connectivity index is 1.63. The van der Waals surface area contributed by atoms with Gasteiger partial charge in [0.25, 0.3) is 11.6 Å². The van der Waals surface area contributed by atoms with Crippen LogP contribution in [0.4, 0.5) is 11.5 Å². The number of rotatable bonds is 7. The number of amides is 1. The van der Waals surface area contributed by atoms with Crippen LogP contribution in [0.5, 0.6) is 11.5 Å². The molecule has 2 heterocycles. The summed E-state index contributed by atoms with van der Waals surface area (Å²) in [4.78, 5) is 33.8. The maximum atomic E-state index is 12.7. The topological polar surface area (TPSA) is 144 Å². The van der Waals surface area contributed by atoms with Gasteiger partial charge in [0.2, 0.25) is 0 Å². The standard InChI is InChI=1S/C20H22N6O5/c1-30-17-9-14(16(26(28)29)10-18(17)31-2)20(27)24-12-13-3-7-25(8-4-13)19-15(11-21)22-5-6-23-19/h5-6,9-10,13H,3-4,7-8,12H2,1-2H3,(H,24,27). The predicted molar refractivity (Wildman–Crippen MR) is 110 cm³/mol. The van der Waals surface area contributed by atoms with Crippen LogP contribution in [0.2, 0.25) is 0 Å². The molecule has 0 unspecified atom stereocenters. The van der Waals surface area contributed by atoms with Crippen LogP contribution in [-0.4, -0.2) is 54.7 Å². The first kappa shape index (κ1) is 21.8. The molecule has 1 saturated heterocycles. The number of nitro groups is 1. The van der Waals surface area contributed by atoms with E-state index in [4.69, 9.17) is 9.47 Å². The first-order chi connectivity index (χ1) is 15.0. The van der Waals surface area contributed by atoms with E-state index in [-0.39, 0.29) is 34.4 Å². The van der Waals surface area contributed by atoms with Crippen molar-refractivity contribution in [3.05, 3.63) is 45.9 Å². The first-order valence-electron chi connectivity index (χ1n) is 9.63. The summed E-state index contributed by atoms with van der Waals surface area (Å²) in [6.07, 6.45) is 4.59. The quantitative estimate of drug-likeness (QED) is 0.518. The second-order valence-corrected chi connectivity index (χ2v) is 6.96. The van der Waals surface area contributed by atoms with Gasteiger partial charge in [-0.1, -0.05) is 0 Å². The van der Waals surface area contributed by atoms with Crippen molar-refractivity contribution < 1.29 is 19.2 Å². The molecule has 1 aromatic heterocycles. The molecule has 1 amide bonds. The van der Waals surface area contributed by atoms with Crippen LogP contribution in [0.1, 0.15) is 28.9 Å². The van der Waals surface area contributed by atoms with Crippen LogP contribution >= 0.6 is 0 Å². The second kappa shape index (κ2) is 9.71. The molecule has 0 radical (unpaired) electrons. The molecule has 0 saturated carbocycles. The van der Waals surface area contributed by atoms with Crippen molar-refractivity contribution in [2.45, 2.75) is 12.8 Å². The van der Waals surface area contributed by atoms with Crippen LogP contribution in [0.3, 0.4) is 0 Å². The zero-order chi connectivity index (χ0) is 22.4. The average Bonchev–Trinajstić information content (AvgIpc) is 2.81. The summed E-state index contributed by atoms with van der Waals surface area (Å²) in [7, 11) is 2.77. The van der Waals surface area contributed by atoms with Crippen molar-refractivity contribution in [1.29, 1.82) is 5.26 Å². The van der Waals surface area contributed by atoms with Gasteiger partial charge in [0.15, 0.2) is 23.0 Å². The number of methoxy groups -OCH3 is 2. The minimum Gasteiger partial charge on any atom is -0.493 e. The van der Waals surface area contributed by atoms with E-state index in [1.807, 2.05) is 11.0 Å². The van der Waals surface area contributed by atoms with Crippen molar-refractivity contribution in [3.8, 4) is 17.6 Å². The fourth-order valence-corrected chi connectivity index (χ4v) is 3.52. The maximum absolute atomic E-state index is 12.7. The van der Waals surface area contributed by atoms with E-state index in [0.29, 0.717) is 25.5 Å². The molecule has 3 rings (SSSR count). The summed E-state index contributed by atoms with van der Waals surface area (Å²) in [5.41, 5.74) is -0.148. The van der Waals surface area contributed by atoms with Crippen LogP contribution in [0.25, 0.3) is 0 Å². The molecule has 11 nitrogen and oxygen atoms in total. The Labute approximate surface area is 178 Å². The van der Waals surface area contributed by atoms with Gasteiger partial charge in [0.05, 0.1) is 25.2 Å². The van der Waals surface area contributed by atoms with Crippen LogP contribution in [0.15, 0.2) is 24.5 Å². The van der Waals surface area contributed by atoms with Crippen molar-refractivity contribution in [1.82, 2.24) is 15.3 Å². The van der Waals surface area contributed by atoms with Gasteiger partial charge in [-0.2, -0.15) is 5.26 Å². The molecule has 11 heteroatoms. The number of nitrogens with one attached hydrogen (secondary N) is 1. The highest BCUT2D eigenvalue weighted by atomic mass is 16.6. The summed E-state index contributed by atoms with van der Waals surface area (Å²) in [5.74, 6) is 0.633. The molecule has 162 valence electrons. The fraction of sp³-hybridized carbons (Fsp3) is 0.400. The fourth-order valence-electron chi connectivity index (χ4n) is 3.52. The lowest BCUT2D eigenvalue weighted by Gasteiger charge is -2.32. The van der Waals surface area contributed by atoms with Crippen LogP contribution < -0.4 is 19.7 Å². The smallest absolute Gasteiger partial charge is 0.286 e. The largest absolute Gasteiger partial charge is 0.493 e. The van der Waals surface area contributed by atoms with E-state index in [1.54, 1.807) is 6.20 Å². The summed E-state index contributed by atoms with van der Waals surface area (Å²) < 4.78 is 10.2. The molecule has 1 aliphatic rings. The lowest BCUT2D eigenvalue weighted by Crippen LogP contribution is -2.39. The molecule has 1 aliphatic heterocycles. The van der Waals surface area contributed by atoms with Gasteiger partial charge in [0, 0.05) is 38.1 Å². The number of ether oxygens (including phenoxy) is 2. The van der Waals surface area contributed by atoms with E-state index in [1.165, 1.54) is 32.5 Å². The Morgan fingerprint density at radius 1 is 1.26 bits per heavy atom. The maximum Gasteiger partial charge on any atom is 0.286 e. The van der Waals surface area contributed by atoms with E-state index in [9.17, 15) is 20.2 Å². The molecule has 0 bridgehead atoms. The summed E-state index contributed by atoms with van der Waals surface area (Å²) in [6.45, 7) is 1.72. The Bertz CT molecular complexity index is 1010. The Morgan fingerprint density at radius 2 is 1.90 bits per heavy atom. The highest BCUT2D eigenvalue weighted by molar-refractivity contribution is 5.99.